The highest BCUT2D eigenvalue weighted by Crippen LogP contribution is 2.22. The molecule has 25 heavy (non-hydrogen) atoms. The van der Waals surface area contributed by atoms with Gasteiger partial charge >= 0.3 is 0 Å². The highest BCUT2D eigenvalue weighted by Gasteiger charge is 2.16. The van der Waals surface area contributed by atoms with Gasteiger partial charge in [0.15, 0.2) is 0 Å². The molecule has 0 aliphatic carbocycles. The van der Waals surface area contributed by atoms with Crippen molar-refractivity contribution in [2.45, 2.75) is 20.0 Å². The van der Waals surface area contributed by atoms with Crippen LogP contribution in [0.5, 0.6) is 0 Å². The number of benzene rings is 2. The van der Waals surface area contributed by atoms with Crippen molar-refractivity contribution in [3.05, 3.63) is 71.1 Å². The third-order valence-corrected chi connectivity index (χ3v) is 3.83. The molecule has 1 aromatic heterocycles. The molecule has 3 aromatic rings. The van der Waals surface area contributed by atoms with Gasteiger partial charge in [-0.3, -0.25) is 4.79 Å². The van der Waals surface area contributed by atoms with E-state index in [0.29, 0.717) is 35.9 Å². The Kier molecular flexibility index (Phi) is 5.20. The van der Waals surface area contributed by atoms with Gasteiger partial charge in [0.25, 0.3) is 5.91 Å². The molecule has 0 aliphatic heterocycles. The number of carbonyl (C=O) groups excluding carboxylic acids is 1. The van der Waals surface area contributed by atoms with Crippen LogP contribution in [0.2, 0.25) is 0 Å². The third-order valence-electron chi connectivity index (χ3n) is 3.83. The second kappa shape index (κ2) is 7.72. The lowest BCUT2D eigenvalue weighted by Crippen LogP contribution is -2.26. The summed E-state index contributed by atoms with van der Waals surface area (Å²) in [6.45, 7) is 2.25. The van der Waals surface area contributed by atoms with E-state index in [2.05, 4.69) is 15.5 Å². The molecule has 2 aromatic carbocycles. The zero-order valence-electron chi connectivity index (χ0n) is 13.9. The molecule has 0 saturated heterocycles. The molecule has 1 heterocycles. The topological polar surface area (TPSA) is 88.2 Å². The predicted octanol–water partition coefficient (Wildman–Crippen LogP) is 2.51. The first kappa shape index (κ1) is 16.9. The number of nitrogens with one attached hydrogen (secondary N) is 1. The minimum atomic E-state index is -0.182. The summed E-state index contributed by atoms with van der Waals surface area (Å²) in [5, 5.41) is 19.8. The fourth-order valence-corrected chi connectivity index (χ4v) is 2.50. The molecule has 0 fully saturated rings. The van der Waals surface area contributed by atoms with Crippen LogP contribution in [-0.2, 0) is 13.0 Å². The number of aryl methyl sites for hydroxylation is 1. The second-order valence-electron chi connectivity index (χ2n) is 5.65. The SMILES string of the molecule is Cc1nnc(-c2ccccc2C(=O)NCCc2ccc(CO)cc2)o1. The first-order chi connectivity index (χ1) is 12.2. The predicted molar refractivity (Wildman–Crippen MR) is 92.9 cm³/mol. The van der Waals surface area contributed by atoms with E-state index in [-0.39, 0.29) is 12.5 Å². The van der Waals surface area contributed by atoms with Gasteiger partial charge in [-0.1, -0.05) is 36.4 Å². The number of amides is 1. The van der Waals surface area contributed by atoms with E-state index in [0.717, 1.165) is 11.1 Å². The first-order valence-corrected chi connectivity index (χ1v) is 8.04. The van der Waals surface area contributed by atoms with Crippen LogP contribution in [0.25, 0.3) is 11.5 Å². The molecule has 6 nitrogen and oxygen atoms in total. The fraction of sp³-hybridized carbons (Fsp3) is 0.211. The van der Waals surface area contributed by atoms with Crippen molar-refractivity contribution >= 4 is 5.91 Å². The molecular weight excluding hydrogens is 318 g/mol. The second-order valence-corrected chi connectivity index (χ2v) is 5.65. The smallest absolute Gasteiger partial charge is 0.252 e. The molecule has 0 saturated carbocycles. The number of carbonyl (C=O) groups is 1. The summed E-state index contributed by atoms with van der Waals surface area (Å²) >= 11 is 0. The van der Waals surface area contributed by atoms with Crippen LogP contribution in [0.15, 0.2) is 52.9 Å². The van der Waals surface area contributed by atoms with E-state index in [1.165, 1.54) is 0 Å². The summed E-state index contributed by atoms with van der Waals surface area (Å²) < 4.78 is 5.43. The van der Waals surface area contributed by atoms with Gasteiger partial charge < -0.3 is 14.8 Å². The van der Waals surface area contributed by atoms with Crippen molar-refractivity contribution in [3.63, 3.8) is 0 Å². The molecule has 2 N–H and O–H groups in total. The lowest BCUT2D eigenvalue weighted by atomic mass is 10.1. The maximum Gasteiger partial charge on any atom is 0.252 e. The van der Waals surface area contributed by atoms with Crippen molar-refractivity contribution in [1.82, 2.24) is 15.5 Å². The van der Waals surface area contributed by atoms with E-state index in [4.69, 9.17) is 9.52 Å². The highest BCUT2D eigenvalue weighted by molar-refractivity contribution is 5.99. The van der Waals surface area contributed by atoms with Crippen LogP contribution < -0.4 is 5.32 Å². The maximum absolute atomic E-state index is 12.5. The summed E-state index contributed by atoms with van der Waals surface area (Å²) in [5.74, 6) is 0.609. The number of rotatable bonds is 6. The molecule has 0 radical (unpaired) electrons. The lowest BCUT2D eigenvalue weighted by molar-refractivity contribution is 0.0954. The van der Waals surface area contributed by atoms with Gasteiger partial charge in [-0.25, -0.2) is 0 Å². The number of hydrogen-bond donors (Lipinski definition) is 2. The molecule has 0 atom stereocenters. The van der Waals surface area contributed by atoms with Crippen LogP contribution in [0, 0.1) is 6.92 Å². The summed E-state index contributed by atoms with van der Waals surface area (Å²) in [5.41, 5.74) is 3.09. The molecule has 0 bridgehead atoms. The van der Waals surface area contributed by atoms with Gasteiger partial charge in [0.1, 0.15) is 0 Å². The average molecular weight is 337 g/mol. The largest absolute Gasteiger partial charge is 0.421 e. The van der Waals surface area contributed by atoms with Crippen LogP contribution in [0.3, 0.4) is 0 Å². The summed E-state index contributed by atoms with van der Waals surface area (Å²) in [4.78, 5) is 12.5. The van der Waals surface area contributed by atoms with E-state index in [1.54, 1.807) is 25.1 Å². The Labute approximate surface area is 145 Å². The van der Waals surface area contributed by atoms with E-state index in [1.807, 2.05) is 30.3 Å². The van der Waals surface area contributed by atoms with Crippen molar-refractivity contribution in [2.75, 3.05) is 6.54 Å². The quantitative estimate of drug-likeness (QED) is 0.721. The molecule has 6 heteroatoms. The normalized spacial score (nSPS) is 10.6. The number of nitrogens with zero attached hydrogens (tertiary/aromatic N) is 2. The molecule has 0 aliphatic rings. The van der Waals surface area contributed by atoms with E-state index in [9.17, 15) is 4.79 Å². The molecule has 1 amide bonds. The molecule has 0 spiro atoms. The molecule has 128 valence electrons. The van der Waals surface area contributed by atoms with Gasteiger partial charge in [0.05, 0.1) is 17.7 Å². The maximum atomic E-state index is 12.5. The van der Waals surface area contributed by atoms with Gasteiger partial charge in [-0.15, -0.1) is 10.2 Å². The Balaban J connectivity index is 1.65. The van der Waals surface area contributed by atoms with Crippen molar-refractivity contribution in [2.24, 2.45) is 0 Å². The first-order valence-electron chi connectivity index (χ1n) is 8.04. The number of aromatic nitrogens is 2. The van der Waals surface area contributed by atoms with Gasteiger partial charge in [0, 0.05) is 13.5 Å². The Morgan fingerprint density at radius 3 is 2.48 bits per heavy atom. The Hall–Kier alpha value is -2.99. The third kappa shape index (κ3) is 4.10. The summed E-state index contributed by atoms with van der Waals surface area (Å²) in [6.07, 6.45) is 0.708. The molecule has 0 unspecified atom stereocenters. The fourth-order valence-electron chi connectivity index (χ4n) is 2.50. The van der Waals surface area contributed by atoms with Gasteiger partial charge in [-0.2, -0.15) is 0 Å². The van der Waals surface area contributed by atoms with Crippen molar-refractivity contribution < 1.29 is 14.3 Å². The Morgan fingerprint density at radius 2 is 1.80 bits per heavy atom. The van der Waals surface area contributed by atoms with E-state index >= 15 is 0 Å². The number of aliphatic hydroxyl groups is 1. The van der Waals surface area contributed by atoms with Crippen molar-refractivity contribution in [1.29, 1.82) is 0 Å². The Morgan fingerprint density at radius 1 is 1.08 bits per heavy atom. The standard InChI is InChI=1S/C19H19N3O3/c1-13-21-22-19(25-13)17-5-3-2-4-16(17)18(24)20-11-10-14-6-8-15(12-23)9-7-14/h2-9,23H,10-12H2,1H3,(H,20,24). The van der Waals surface area contributed by atoms with Crippen LogP contribution >= 0.6 is 0 Å². The Bertz CT molecular complexity index is 856. The number of aliphatic hydroxyl groups excluding tert-OH is 1. The zero-order chi connectivity index (χ0) is 17.6. The minimum Gasteiger partial charge on any atom is -0.421 e. The highest BCUT2D eigenvalue weighted by atomic mass is 16.4. The average Bonchev–Trinajstić information content (AvgIpc) is 3.08. The van der Waals surface area contributed by atoms with Crippen LogP contribution in [-0.4, -0.2) is 27.8 Å². The minimum absolute atomic E-state index is 0.0307. The van der Waals surface area contributed by atoms with Gasteiger partial charge in [-0.05, 0) is 29.7 Å². The van der Waals surface area contributed by atoms with Crippen molar-refractivity contribution in [3.8, 4) is 11.5 Å². The molecular formula is C19H19N3O3. The summed E-state index contributed by atoms with van der Waals surface area (Å²) in [6, 6.07) is 14.8. The number of hydrogen-bond acceptors (Lipinski definition) is 5. The van der Waals surface area contributed by atoms with Crippen LogP contribution in [0.1, 0.15) is 27.4 Å². The molecule has 3 rings (SSSR count). The lowest BCUT2D eigenvalue weighted by Gasteiger charge is -2.08. The van der Waals surface area contributed by atoms with Crippen LogP contribution in [0.4, 0.5) is 0 Å². The monoisotopic (exact) mass is 337 g/mol. The summed E-state index contributed by atoms with van der Waals surface area (Å²) in [7, 11) is 0. The zero-order valence-corrected chi connectivity index (χ0v) is 13.9. The van der Waals surface area contributed by atoms with Gasteiger partial charge in [0.2, 0.25) is 11.8 Å². The van der Waals surface area contributed by atoms with E-state index < -0.39 is 0 Å².